The predicted molar refractivity (Wildman–Crippen MR) is 109 cm³/mol. The Kier molecular flexibility index (Phi) is 6.07. The molecule has 4 heteroatoms. The number of aromatic nitrogens is 2. The van der Waals surface area contributed by atoms with Gasteiger partial charge in [0, 0.05) is 47.2 Å². The van der Waals surface area contributed by atoms with Gasteiger partial charge in [0.2, 0.25) is 0 Å². The van der Waals surface area contributed by atoms with Crippen LogP contribution in [0.4, 0.5) is 0 Å². The fourth-order valence-corrected chi connectivity index (χ4v) is 3.72. The van der Waals surface area contributed by atoms with Crippen molar-refractivity contribution in [3.8, 4) is 0 Å². The first-order valence-electron chi connectivity index (χ1n) is 9.66. The minimum absolute atomic E-state index is 0.111. The van der Waals surface area contributed by atoms with E-state index in [9.17, 15) is 4.79 Å². The summed E-state index contributed by atoms with van der Waals surface area (Å²) in [5.74, 6) is 0.111. The van der Waals surface area contributed by atoms with E-state index >= 15 is 0 Å². The third kappa shape index (κ3) is 4.28. The Balaban J connectivity index is 2.03. The van der Waals surface area contributed by atoms with Crippen LogP contribution in [-0.4, -0.2) is 27.0 Å². The smallest absolute Gasteiger partial charge is 0.162 e. The summed E-state index contributed by atoms with van der Waals surface area (Å²) in [6, 6.07) is 10.5. The van der Waals surface area contributed by atoms with E-state index in [0.29, 0.717) is 0 Å². The van der Waals surface area contributed by atoms with E-state index in [1.54, 1.807) is 6.92 Å². The Bertz CT molecular complexity index is 939. The van der Waals surface area contributed by atoms with Gasteiger partial charge in [-0.2, -0.15) is 0 Å². The van der Waals surface area contributed by atoms with Crippen LogP contribution in [0.5, 0.6) is 0 Å². The molecule has 0 spiro atoms. The zero-order valence-corrected chi connectivity index (χ0v) is 16.5. The maximum atomic E-state index is 12.5. The summed E-state index contributed by atoms with van der Waals surface area (Å²) in [5.41, 5.74) is 6.42. The number of nitrogens with zero attached hydrogens (tertiary/aromatic N) is 2. The highest BCUT2D eigenvalue weighted by atomic mass is 16.2. The summed E-state index contributed by atoms with van der Waals surface area (Å²) in [5, 5.41) is 10.2. The van der Waals surface area contributed by atoms with Crippen LogP contribution in [0.25, 0.3) is 10.9 Å². The van der Waals surface area contributed by atoms with Gasteiger partial charge >= 0.3 is 0 Å². The van der Waals surface area contributed by atoms with Crippen molar-refractivity contribution in [2.75, 3.05) is 6.61 Å². The average molecular weight is 364 g/mol. The van der Waals surface area contributed by atoms with Gasteiger partial charge in [-0.05, 0) is 70.2 Å². The van der Waals surface area contributed by atoms with Gasteiger partial charge in [0.15, 0.2) is 5.78 Å². The molecule has 3 rings (SSSR count). The maximum Gasteiger partial charge on any atom is 0.162 e. The number of rotatable bonds is 8. The zero-order chi connectivity index (χ0) is 19.4. The molecule has 3 aromatic rings. The van der Waals surface area contributed by atoms with E-state index < -0.39 is 0 Å². The van der Waals surface area contributed by atoms with Crippen LogP contribution >= 0.6 is 0 Å². The number of benzene rings is 1. The highest BCUT2D eigenvalue weighted by molar-refractivity contribution is 6.08. The third-order valence-corrected chi connectivity index (χ3v) is 5.10. The molecule has 0 aliphatic rings. The molecule has 142 valence electrons. The van der Waals surface area contributed by atoms with E-state index in [0.717, 1.165) is 65.6 Å². The molecule has 4 nitrogen and oxygen atoms in total. The van der Waals surface area contributed by atoms with Crippen LogP contribution < -0.4 is 0 Å². The lowest BCUT2D eigenvalue weighted by Crippen LogP contribution is -2.09. The summed E-state index contributed by atoms with van der Waals surface area (Å²) in [4.78, 5) is 16.9. The molecule has 2 heterocycles. The molecular formula is C23H28N2O2. The topological polar surface area (TPSA) is 55.1 Å². The van der Waals surface area contributed by atoms with Gasteiger partial charge in [-0.15, -0.1) is 0 Å². The van der Waals surface area contributed by atoms with Crippen molar-refractivity contribution in [2.24, 2.45) is 0 Å². The number of aliphatic hydroxyl groups is 1. The molecule has 0 saturated carbocycles. The zero-order valence-electron chi connectivity index (χ0n) is 16.5. The van der Waals surface area contributed by atoms with Gasteiger partial charge < -0.3 is 9.67 Å². The standard InChI is InChI=1S/C23H28N2O2/c1-16-7-10-21-20(14-16)23(18(3)27)22(6-4-5-13-26)25(21)12-11-19-9-8-17(2)24-15-19/h7-10,14-15,26H,4-6,11-13H2,1-3H3. The average Bonchev–Trinajstić information content (AvgIpc) is 2.94. The van der Waals surface area contributed by atoms with Crippen molar-refractivity contribution in [2.45, 2.75) is 53.0 Å². The molecule has 0 unspecified atom stereocenters. The van der Waals surface area contributed by atoms with Crippen molar-refractivity contribution < 1.29 is 9.90 Å². The van der Waals surface area contributed by atoms with Gasteiger partial charge in [-0.3, -0.25) is 9.78 Å². The number of fused-ring (bicyclic) bond motifs is 1. The Morgan fingerprint density at radius 3 is 2.59 bits per heavy atom. The fourth-order valence-electron chi connectivity index (χ4n) is 3.72. The van der Waals surface area contributed by atoms with Crippen LogP contribution in [0.1, 0.15) is 52.6 Å². The molecule has 0 radical (unpaired) electrons. The monoisotopic (exact) mass is 364 g/mol. The number of carbonyl (C=O) groups is 1. The van der Waals surface area contributed by atoms with E-state index in [1.165, 1.54) is 5.56 Å². The maximum absolute atomic E-state index is 12.5. The molecule has 2 aromatic heterocycles. The molecule has 1 N–H and O–H groups in total. The Hall–Kier alpha value is -2.46. The van der Waals surface area contributed by atoms with Gasteiger partial charge in [-0.25, -0.2) is 0 Å². The number of pyridine rings is 1. The molecule has 0 atom stereocenters. The van der Waals surface area contributed by atoms with Crippen molar-refractivity contribution >= 4 is 16.7 Å². The van der Waals surface area contributed by atoms with Gasteiger partial charge in [0.1, 0.15) is 0 Å². The third-order valence-electron chi connectivity index (χ3n) is 5.10. The number of aryl methyl sites for hydroxylation is 4. The molecule has 1 aromatic carbocycles. The number of ketones is 1. The van der Waals surface area contributed by atoms with Gasteiger partial charge in [0.25, 0.3) is 0 Å². The van der Waals surface area contributed by atoms with Gasteiger partial charge in [0.05, 0.1) is 0 Å². The molecule has 0 aliphatic heterocycles. The summed E-state index contributed by atoms with van der Waals surface area (Å²) < 4.78 is 2.29. The first-order valence-corrected chi connectivity index (χ1v) is 9.66. The lowest BCUT2D eigenvalue weighted by atomic mass is 10.0. The molecule has 27 heavy (non-hydrogen) atoms. The summed E-state index contributed by atoms with van der Waals surface area (Å²) in [6.07, 6.45) is 5.23. The highest BCUT2D eigenvalue weighted by Crippen LogP contribution is 2.29. The lowest BCUT2D eigenvalue weighted by Gasteiger charge is -2.12. The van der Waals surface area contributed by atoms with E-state index in [-0.39, 0.29) is 12.4 Å². The SMILES string of the molecule is CC(=O)c1c(CCCCO)n(CCc2ccc(C)nc2)c2ccc(C)cc12. The first kappa shape index (κ1) is 19.3. The van der Waals surface area contributed by atoms with Crippen molar-refractivity contribution in [1.29, 1.82) is 0 Å². The van der Waals surface area contributed by atoms with E-state index in [1.807, 2.05) is 19.2 Å². The predicted octanol–water partition coefficient (Wildman–Crippen LogP) is 4.41. The van der Waals surface area contributed by atoms with Gasteiger partial charge in [-0.1, -0.05) is 17.7 Å². The number of carbonyl (C=O) groups excluding carboxylic acids is 1. The normalized spacial score (nSPS) is 11.3. The van der Waals surface area contributed by atoms with Crippen LogP contribution in [0.15, 0.2) is 36.5 Å². The van der Waals surface area contributed by atoms with Crippen LogP contribution in [0.3, 0.4) is 0 Å². The summed E-state index contributed by atoms with van der Waals surface area (Å²) in [7, 11) is 0. The van der Waals surface area contributed by atoms with Crippen molar-refractivity contribution in [1.82, 2.24) is 9.55 Å². The fraction of sp³-hybridized carbons (Fsp3) is 0.391. The second-order valence-corrected chi connectivity index (χ2v) is 7.29. The summed E-state index contributed by atoms with van der Waals surface area (Å²) >= 11 is 0. The first-order chi connectivity index (χ1) is 13.0. The minimum Gasteiger partial charge on any atom is -0.396 e. The number of hydrogen-bond acceptors (Lipinski definition) is 3. The molecule has 0 bridgehead atoms. The molecule has 0 saturated heterocycles. The Morgan fingerprint density at radius 2 is 1.93 bits per heavy atom. The summed E-state index contributed by atoms with van der Waals surface area (Å²) in [6.45, 7) is 6.70. The van der Waals surface area contributed by atoms with Crippen LogP contribution in [0.2, 0.25) is 0 Å². The van der Waals surface area contributed by atoms with Crippen LogP contribution in [0, 0.1) is 13.8 Å². The number of hydrogen-bond donors (Lipinski definition) is 1. The number of unbranched alkanes of at least 4 members (excludes halogenated alkanes) is 1. The molecule has 0 fully saturated rings. The Morgan fingerprint density at radius 1 is 1.11 bits per heavy atom. The van der Waals surface area contributed by atoms with Crippen molar-refractivity contribution in [3.05, 3.63) is 64.6 Å². The number of aliphatic hydroxyl groups excluding tert-OH is 1. The highest BCUT2D eigenvalue weighted by Gasteiger charge is 2.20. The largest absolute Gasteiger partial charge is 0.396 e. The second-order valence-electron chi connectivity index (χ2n) is 7.29. The number of Topliss-reactive ketones (excluding diaryl/α,β-unsaturated/α-hetero) is 1. The van der Waals surface area contributed by atoms with E-state index in [4.69, 9.17) is 5.11 Å². The quantitative estimate of drug-likeness (QED) is 0.476. The minimum atomic E-state index is 0.111. The second kappa shape index (κ2) is 8.49. The van der Waals surface area contributed by atoms with E-state index in [2.05, 4.69) is 40.7 Å². The Labute approximate surface area is 160 Å². The lowest BCUT2D eigenvalue weighted by molar-refractivity contribution is 0.101. The molecule has 0 amide bonds. The molecule has 0 aliphatic carbocycles. The molecular weight excluding hydrogens is 336 g/mol. The van der Waals surface area contributed by atoms with Crippen LogP contribution in [-0.2, 0) is 19.4 Å². The van der Waals surface area contributed by atoms with Crippen molar-refractivity contribution in [3.63, 3.8) is 0 Å².